The van der Waals surface area contributed by atoms with Crippen molar-refractivity contribution in [1.82, 2.24) is 0 Å². The van der Waals surface area contributed by atoms with Crippen molar-refractivity contribution in [2.75, 3.05) is 47.5 Å². The zero-order valence-electron chi connectivity index (χ0n) is 55.4. The monoisotopic (exact) mass is 1210 g/mol. The normalized spacial score (nSPS) is 14.2. The van der Waals surface area contributed by atoms with E-state index in [1.54, 1.807) is 0 Å². The largest absolute Gasteiger partial charge is 0.756 e. The first-order valence-electron chi connectivity index (χ1n) is 34.2. The molecule has 0 fully saturated rings. The van der Waals surface area contributed by atoms with Crippen LogP contribution in [-0.4, -0.2) is 70.0 Å². The van der Waals surface area contributed by atoms with Crippen LogP contribution >= 0.6 is 7.82 Å². The fourth-order valence-electron chi connectivity index (χ4n) is 8.88. The molecule has 0 spiro atoms. The van der Waals surface area contributed by atoms with Crippen LogP contribution < -0.4 is 4.89 Å². The summed E-state index contributed by atoms with van der Waals surface area (Å²) in [5.41, 5.74) is 0. The Hall–Kier alpha value is -4.37. The van der Waals surface area contributed by atoms with Gasteiger partial charge in [-0.05, 0) is 122 Å². The summed E-state index contributed by atoms with van der Waals surface area (Å²) in [6.07, 6.45) is 97.3. The average Bonchev–Trinajstić information content (AvgIpc) is 3.67. The highest BCUT2D eigenvalue weighted by molar-refractivity contribution is 7.45. The van der Waals surface area contributed by atoms with Gasteiger partial charge in [0.1, 0.15) is 19.8 Å². The van der Waals surface area contributed by atoms with Gasteiger partial charge in [0.05, 0.1) is 27.7 Å². The maximum absolute atomic E-state index is 12.9. The van der Waals surface area contributed by atoms with Crippen molar-refractivity contribution in [1.29, 1.82) is 0 Å². The lowest BCUT2D eigenvalue weighted by atomic mass is 10.0. The molecule has 0 heterocycles. The third kappa shape index (κ3) is 68.7. The summed E-state index contributed by atoms with van der Waals surface area (Å²) < 4.78 is 34.3. The lowest BCUT2D eigenvalue weighted by Crippen LogP contribution is -2.37. The van der Waals surface area contributed by atoms with Crippen molar-refractivity contribution in [2.24, 2.45) is 0 Å². The lowest BCUT2D eigenvalue weighted by Gasteiger charge is -2.28. The van der Waals surface area contributed by atoms with Crippen LogP contribution in [0.4, 0.5) is 0 Å². The standard InChI is InChI=1S/C76H126NO8P/c1-6-8-10-12-14-16-18-20-22-24-26-28-30-32-33-34-35-36-37-38-39-40-41-42-43-45-47-49-51-53-55-57-59-61-63-65-67-69-76(79)85-74(73-84-86(80,81)83-71-70-77(3,4)5)72-82-75(78)68-66-64-62-60-58-56-54-52-50-48-46-44-31-29-27-25-23-21-19-17-15-13-11-9-7-2/h8-11,14-17,20-23,26-29,32-33,35-36,38-39,41-42,45,47,74H,6-7,12-13,18-19,24-25,30-31,34,37,40,43-44,46,48-73H2,1-5H3/b10-8-,11-9-,16-14-,17-15-,22-20-,23-21-,28-26-,29-27-,33-32-,36-35-,39-38-,42-41-,47-45-. The Labute approximate surface area is 528 Å². The fourth-order valence-corrected chi connectivity index (χ4v) is 9.60. The van der Waals surface area contributed by atoms with Gasteiger partial charge in [0.2, 0.25) is 0 Å². The van der Waals surface area contributed by atoms with Gasteiger partial charge in [0.15, 0.2) is 6.10 Å². The molecule has 2 unspecified atom stereocenters. The number of carbonyl (C=O) groups excluding carboxylic acids is 2. The Morgan fingerprint density at radius 1 is 0.360 bits per heavy atom. The van der Waals surface area contributed by atoms with Gasteiger partial charge in [-0.15, -0.1) is 0 Å². The summed E-state index contributed by atoms with van der Waals surface area (Å²) in [4.78, 5) is 38.1. The van der Waals surface area contributed by atoms with Gasteiger partial charge in [-0.25, -0.2) is 0 Å². The molecule has 0 amide bonds. The molecule has 0 N–H and O–H groups in total. The number of nitrogens with zero attached hydrogens (tertiary/aromatic N) is 1. The maximum Gasteiger partial charge on any atom is 0.306 e. The molecular formula is C76H126NO8P. The number of quaternary nitrogens is 1. The number of unbranched alkanes of at least 4 members (excludes halogenated alkanes) is 21. The number of phosphoric ester groups is 1. The van der Waals surface area contributed by atoms with Crippen LogP contribution in [0.5, 0.6) is 0 Å². The van der Waals surface area contributed by atoms with Crippen LogP contribution in [0.1, 0.15) is 258 Å². The molecule has 0 bridgehead atoms. The van der Waals surface area contributed by atoms with E-state index in [-0.39, 0.29) is 26.1 Å². The molecule has 9 nitrogen and oxygen atoms in total. The highest BCUT2D eigenvalue weighted by atomic mass is 31.2. The predicted molar refractivity (Wildman–Crippen MR) is 369 cm³/mol. The molecule has 2 atom stereocenters. The summed E-state index contributed by atoms with van der Waals surface area (Å²) in [5, 5.41) is 0. The highest BCUT2D eigenvalue weighted by Gasteiger charge is 2.22. The van der Waals surface area contributed by atoms with Crippen molar-refractivity contribution in [3.05, 3.63) is 158 Å². The van der Waals surface area contributed by atoms with E-state index in [1.165, 1.54) is 89.9 Å². The molecule has 0 aromatic rings. The average molecular weight is 1210 g/mol. The Kier molecular flexibility index (Phi) is 61.8. The molecule has 0 aliphatic rings. The maximum atomic E-state index is 12.9. The van der Waals surface area contributed by atoms with E-state index in [9.17, 15) is 19.0 Å². The minimum absolute atomic E-state index is 0.0399. The number of phosphoric acid groups is 1. The number of hydrogen-bond donors (Lipinski definition) is 0. The molecule has 0 aromatic carbocycles. The van der Waals surface area contributed by atoms with E-state index in [4.69, 9.17) is 18.5 Å². The Balaban J connectivity index is 4.13. The number of rotatable bonds is 61. The topological polar surface area (TPSA) is 111 Å². The van der Waals surface area contributed by atoms with E-state index < -0.39 is 32.5 Å². The molecule has 86 heavy (non-hydrogen) atoms. The minimum Gasteiger partial charge on any atom is -0.756 e. The smallest absolute Gasteiger partial charge is 0.306 e. The molecule has 0 rings (SSSR count). The molecular weight excluding hydrogens is 1090 g/mol. The summed E-state index contributed by atoms with van der Waals surface area (Å²) >= 11 is 0. The second-order valence-electron chi connectivity index (χ2n) is 23.4. The van der Waals surface area contributed by atoms with Crippen LogP contribution in [0.25, 0.3) is 0 Å². The molecule has 0 saturated heterocycles. The van der Waals surface area contributed by atoms with E-state index in [0.717, 1.165) is 135 Å². The summed E-state index contributed by atoms with van der Waals surface area (Å²) in [6.45, 7) is 4.00. The van der Waals surface area contributed by atoms with E-state index in [0.29, 0.717) is 17.4 Å². The Morgan fingerprint density at radius 2 is 0.628 bits per heavy atom. The van der Waals surface area contributed by atoms with Crippen LogP contribution in [0.2, 0.25) is 0 Å². The highest BCUT2D eigenvalue weighted by Crippen LogP contribution is 2.38. The summed E-state index contributed by atoms with van der Waals surface area (Å²) in [6, 6.07) is 0. The lowest BCUT2D eigenvalue weighted by molar-refractivity contribution is -0.870. The molecule has 0 aromatic heterocycles. The summed E-state index contributed by atoms with van der Waals surface area (Å²) in [5.74, 6) is -0.849. The first kappa shape index (κ1) is 81.6. The first-order chi connectivity index (χ1) is 42.0. The van der Waals surface area contributed by atoms with Gasteiger partial charge >= 0.3 is 11.9 Å². The van der Waals surface area contributed by atoms with Crippen LogP contribution in [0.3, 0.4) is 0 Å². The third-order valence-corrected chi connectivity index (χ3v) is 15.0. The Bertz CT molecular complexity index is 2010. The third-order valence-electron chi connectivity index (χ3n) is 14.0. The predicted octanol–water partition coefficient (Wildman–Crippen LogP) is 21.7. The molecule has 0 aliphatic carbocycles. The number of ether oxygens (including phenoxy) is 2. The van der Waals surface area contributed by atoms with Crippen molar-refractivity contribution in [3.8, 4) is 0 Å². The van der Waals surface area contributed by atoms with Gasteiger partial charge in [0, 0.05) is 12.8 Å². The number of hydrogen-bond acceptors (Lipinski definition) is 8. The van der Waals surface area contributed by atoms with Crippen molar-refractivity contribution in [3.63, 3.8) is 0 Å². The number of carbonyl (C=O) groups is 2. The van der Waals surface area contributed by atoms with Gasteiger partial charge in [-0.1, -0.05) is 281 Å². The second-order valence-corrected chi connectivity index (χ2v) is 24.8. The van der Waals surface area contributed by atoms with Crippen LogP contribution in [-0.2, 0) is 32.7 Å². The molecule has 0 saturated carbocycles. The fraction of sp³-hybridized carbons (Fsp3) is 0.632. The van der Waals surface area contributed by atoms with E-state index in [2.05, 4.69) is 172 Å². The molecule has 10 heteroatoms. The Morgan fingerprint density at radius 3 is 0.930 bits per heavy atom. The van der Waals surface area contributed by atoms with E-state index >= 15 is 0 Å². The zero-order valence-corrected chi connectivity index (χ0v) is 56.3. The van der Waals surface area contributed by atoms with Gasteiger partial charge < -0.3 is 27.9 Å². The molecule has 0 radical (unpaired) electrons. The SMILES string of the molecule is CC/C=C\C/C=C\C/C=C\C/C=C\C/C=C\C/C=C\C/C=C\C/C=C\C/C=C\CCCCCCCCCCCC(=O)OC(COC(=O)CCCCCCCCCCCCCC/C=C\C/C=C\C/C=C\C/C=C\CC)COP(=O)([O-])OCC[N+](C)(C)C. The van der Waals surface area contributed by atoms with Gasteiger partial charge in [-0.2, -0.15) is 0 Å². The van der Waals surface area contributed by atoms with Crippen LogP contribution in [0, 0.1) is 0 Å². The zero-order chi connectivity index (χ0) is 62.6. The van der Waals surface area contributed by atoms with Gasteiger partial charge in [-0.3, -0.25) is 14.2 Å². The van der Waals surface area contributed by atoms with Crippen molar-refractivity contribution < 1.29 is 42.1 Å². The van der Waals surface area contributed by atoms with Crippen molar-refractivity contribution in [2.45, 2.75) is 264 Å². The second kappa shape index (κ2) is 65.1. The van der Waals surface area contributed by atoms with E-state index in [1.807, 2.05) is 21.1 Å². The summed E-state index contributed by atoms with van der Waals surface area (Å²) in [7, 11) is 1.14. The molecule has 0 aliphatic heterocycles. The quantitative estimate of drug-likeness (QED) is 0.0195. The minimum atomic E-state index is -4.65. The number of esters is 2. The molecule has 488 valence electrons. The van der Waals surface area contributed by atoms with Crippen molar-refractivity contribution >= 4 is 19.8 Å². The number of likely N-dealkylation sites (N-methyl/N-ethyl adjacent to an activating group) is 1. The first-order valence-corrected chi connectivity index (χ1v) is 35.7. The number of allylic oxidation sites excluding steroid dienone is 26. The van der Waals surface area contributed by atoms with Gasteiger partial charge in [0.25, 0.3) is 7.82 Å². The van der Waals surface area contributed by atoms with Crippen LogP contribution in [0.15, 0.2) is 158 Å².